The van der Waals surface area contributed by atoms with Crippen LogP contribution in [0.4, 0.5) is 5.82 Å². The van der Waals surface area contributed by atoms with E-state index in [1.807, 2.05) is 0 Å². The van der Waals surface area contributed by atoms with Gasteiger partial charge in [-0.15, -0.1) is 12.4 Å². The van der Waals surface area contributed by atoms with Crippen molar-refractivity contribution < 1.29 is 9.84 Å². The van der Waals surface area contributed by atoms with Crippen LogP contribution in [0.3, 0.4) is 0 Å². The third-order valence-corrected chi connectivity index (χ3v) is 4.23. The van der Waals surface area contributed by atoms with Gasteiger partial charge in [0.2, 0.25) is 0 Å². The number of aliphatic hydroxyl groups is 1. The topological polar surface area (TPSA) is 84.5 Å². The number of aromatic nitrogens is 2. The first kappa shape index (κ1) is 16.3. The first-order chi connectivity index (χ1) is 9.76. The van der Waals surface area contributed by atoms with Gasteiger partial charge in [0.25, 0.3) is 5.88 Å². The van der Waals surface area contributed by atoms with Crippen molar-refractivity contribution >= 4 is 18.2 Å². The van der Waals surface area contributed by atoms with Gasteiger partial charge in [0, 0.05) is 38.1 Å². The maximum absolute atomic E-state index is 9.20. The fourth-order valence-electron chi connectivity index (χ4n) is 2.81. The van der Waals surface area contributed by atoms with Crippen molar-refractivity contribution in [3.05, 3.63) is 12.4 Å². The van der Waals surface area contributed by atoms with Crippen LogP contribution in [-0.2, 0) is 0 Å². The highest BCUT2D eigenvalue weighted by Crippen LogP contribution is 2.31. The molecule has 1 saturated heterocycles. The van der Waals surface area contributed by atoms with E-state index in [0.717, 1.165) is 44.6 Å². The van der Waals surface area contributed by atoms with Crippen LogP contribution in [0.15, 0.2) is 12.4 Å². The Bertz CT molecular complexity index is 448. The number of anilines is 1. The largest absolute Gasteiger partial charge is 0.472 e. The molecule has 1 aliphatic heterocycles. The van der Waals surface area contributed by atoms with Gasteiger partial charge in [-0.2, -0.15) is 0 Å². The third-order valence-electron chi connectivity index (χ3n) is 4.23. The van der Waals surface area contributed by atoms with Gasteiger partial charge in [-0.3, -0.25) is 0 Å². The fraction of sp³-hybridized carbons (Fsp3) is 0.714. The molecule has 0 radical (unpaired) electrons. The highest BCUT2D eigenvalue weighted by atomic mass is 35.5. The molecule has 7 heteroatoms. The average molecular weight is 315 g/mol. The quantitative estimate of drug-likeness (QED) is 0.861. The van der Waals surface area contributed by atoms with Gasteiger partial charge < -0.3 is 20.5 Å². The summed E-state index contributed by atoms with van der Waals surface area (Å²) in [5.41, 5.74) is 5.78. The lowest BCUT2D eigenvalue weighted by molar-refractivity contribution is 0.0956. The number of piperidine rings is 1. The van der Waals surface area contributed by atoms with E-state index in [4.69, 9.17) is 10.5 Å². The Hall–Kier alpha value is -1.11. The van der Waals surface area contributed by atoms with Crippen molar-refractivity contribution in [1.29, 1.82) is 0 Å². The second kappa shape index (κ2) is 7.24. The zero-order valence-electron chi connectivity index (χ0n) is 12.0. The van der Waals surface area contributed by atoms with Gasteiger partial charge in [-0.1, -0.05) is 0 Å². The Morgan fingerprint density at radius 2 is 1.90 bits per heavy atom. The standard InChI is InChI=1S/C14H22N4O2.ClH/c15-11-7-12(8-11)20-14-13(16-3-4-17-14)18-5-1-10(9-19)2-6-18;/h3-4,10-12,19H,1-2,5-9,15H2;1H/t11-,12-;. The summed E-state index contributed by atoms with van der Waals surface area (Å²) in [7, 11) is 0. The molecule has 3 N–H and O–H groups in total. The lowest BCUT2D eigenvalue weighted by atomic mass is 9.90. The lowest BCUT2D eigenvalue weighted by Crippen LogP contribution is -2.44. The minimum atomic E-state index is 0. The highest BCUT2D eigenvalue weighted by Gasteiger charge is 2.30. The summed E-state index contributed by atoms with van der Waals surface area (Å²) in [6.07, 6.45) is 7.30. The number of hydrogen-bond donors (Lipinski definition) is 2. The van der Waals surface area contributed by atoms with Crippen LogP contribution >= 0.6 is 12.4 Å². The Kier molecular flexibility index (Phi) is 5.61. The van der Waals surface area contributed by atoms with Crippen LogP contribution < -0.4 is 15.4 Å². The molecule has 0 unspecified atom stereocenters. The monoisotopic (exact) mass is 314 g/mol. The molecule has 1 saturated carbocycles. The van der Waals surface area contributed by atoms with Crippen molar-refractivity contribution in [2.45, 2.75) is 37.8 Å². The number of nitrogens with zero attached hydrogens (tertiary/aromatic N) is 3. The second-order valence-corrected chi connectivity index (χ2v) is 5.77. The van der Waals surface area contributed by atoms with Crippen LogP contribution in [0.2, 0.25) is 0 Å². The smallest absolute Gasteiger partial charge is 0.257 e. The van der Waals surface area contributed by atoms with E-state index in [2.05, 4.69) is 14.9 Å². The van der Waals surface area contributed by atoms with Crippen molar-refractivity contribution in [2.75, 3.05) is 24.6 Å². The number of ether oxygens (including phenoxy) is 1. The molecule has 0 aromatic carbocycles. The van der Waals surface area contributed by atoms with Gasteiger partial charge in [0.15, 0.2) is 5.82 Å². The van der Waals surface area contributed by atoms with Crippen LogP contribution in [0.5, 0.6) is 5.88 Å². The fourth-order valence-corrected chi connectivity index (χ4v) is 2.81. The Morgan fingerprint density at radius 1 is 1.24 bits per heavy atom. The molecule has 2 heterocycles. The van der Waals surface area contributed by atoms with Gasteiger partial charge in [0.1, 0.15) is 6.10 Å². The molecule has 6 nitrogen and oxygen atoms in total. The van der Waals surface area contributed by atoms with E-state index in [1.165, 1.54) is 0 Å². The number of aliphatic hydroxyl groups excluding tert-OH is 1. The van der Waals surface area contributed by atoms with E-state index >= 15 is 0 Å². The van der Waals surface area contributed by atoms with Crippen LogP contribution in [0.25, 0.3) is 0 Å². The molecule has 0 spiro atoms. The van der Waals surface area contributed by atoms with Crippen LogP contribution in [-0.4, -0.2) is 46.9 Å². The van der Waals surface area contributed by atoms with E-state index in [9.17, 15) is 5.11 Å². The normalized spacial score (nSPS) is 25.9. The van der Waals surface area contributed by atoms with Crippen molar-refractivity contribution in [2.24, 2.45) is 11.7 Å². The molecule has 118 valence electrons. The first-order valence-electron chi connectivity index (χ1n) is 7.35. The zero-order valence-corrected chi connectivity index (χ0v) is 12.8. The summed E-state index contributed by atoms with van der Waals surface area (Å²) >= 11 is 0. The minimum Gasteiger partial charge on any atom is -0.472 e. The number of hydrogen-bond acceptors (Lipinski definition) is 6. The van der Waals surface area contributed by atoms with E-state index in [0.29, 0.717) is 11.8 Å². The molecule has 1 aromatic heterocycles. The maximum Gasteiger partial charge on any atom is 0.257 e. The molecular formula is C14H23ClN4O2. The maximum atomic E-state index is 9.20. The van der Waals surface area contributed by atoms with E-state index in [-0.39, 0.29) is 31.2 Å². The molecule has 1 aliphatic carbocycles. The molecule has 0 amide bonds. The molecule has 2 fully saturated rings. The number of halogens is 1. The number of nitrogens with two attached hydrogens (primary N) is 1. The lowest BCUT2D eigenvalue weighted by Gasteiger charge is -2.35. The van der Waals surface area contributed by atoms with Crippen molar-refractivity contribution in [3.8, 4) is 5.88 Å². The summed E-state index contributed by atoms with van der Waals surface area (Å²) in [6.45, 7) is 2.06. The highest BCUT2D eigenvalue weighted by molar-refractivity contribution is 5.85. The molecule has 0 bridgehead atoms. The molecule has 2 aliphatic rings. The Morgan fingerprint density at radius 3 is 2.52 bits per heavy atom. The van der Waals surface area contributed by atoms with E-state index in [1.54, 1.807) is 12.4 Å². The van der Waals surface area contributed by atoms with Crippen LogP contribution in [0, 0.1) is 5.92 Å². The predicted molar refractivity (Wildman–Crippen MR) is 82.9 cm³/mol. The summed E-state index contributed by atoms with van der Waals surface area (Å²) in [6, 6.07) is 0.264. The zero-order chi connectivity index (χ0) is 13.9. The minimum absolute atomic E-state index is 0. The summed E-state index contributed by atoms with van der Waals surface area (Å²) in [5, 5.41) is 9.20. The molecular weight excluding hydrogens is 292 g/mol. The van der Waals surface area contributed by atoms with Gasteiger partial charge in [-0.25, -0.2) is 9.97 Å². The molecule has 0 atom stereocenters. The summed E-state index contributed by atoms with van der Waals surface area (Å²) in [4.78, 5) is 11.0. The van der Waals surface area contributed by atoms with Gasteiger partial charge in [-0.05, 0) is 31.6 Å². The number of rotatable bonds is 4. The summed E-state index contributed by atoms with van der Waals surface area (Å²) in [5.74, 6) is 1.85. The second-order valence-electron chi connectivity index (χ2n) is 5.77. The first-order valence-corrected chi connectivity index (χ1v) is 7.35. The predicted octanol–water partition coefficient (Wildman–Crippen LogP) is 0.976. The molecule has 21 heavy (non-hydrogen) atoms. The van der Waals surface area contributed by atoms with E-state index < -0.39 is 0 Å². The van der Waals surface area contributed by atoms with Gasteiger partial charge in [0.05, 0.1) is 0 Å². The Balaban J connectivity index is 0.00000161. The molecule has 3 rings (SSSR count). The molecule has 1 aromatic rings. The van der Waals surface area contributed by atoms with Crippen molar-refractivity contribution in [1.82, 2.24) is 9.97 Å². The Labute approximate surface area is 131 Å². The third kappa shape index (κ3) is 3.75. The van der Waals surface area contributed by atoms with Crippen LogP contribution in [0.1, 0.15) is 25.7 Å². The van der Waals surface area contributed by atoms with Gasteiger partial charge >= 0.3 is 0 Å². The average Bonchev–Trinajstić information content (AvgIpc) is 2.46. The summed E-state index contributed by atoms with van der Waals surface area (Å²) < 4.78 is 5.91. The SMILES string of the molecule is Cl.N[C@H]1C[C@H](Oc2nccnc2N2CCC(CO)CC2)C1. The van der Waals surface area contributed by atoms with Crippen molar-refractivity contribution in [3.63, 3.8) is 0 Å².